The molecular formula is C28H28NNaO5. The molecule has 0 saturated carbocycles. The minimum atomic E-state index is -1.25. The van der Waals surface area contributed by atoms with Gasteiger partial charge in [0.05, 0.1) is 35.7 Å². The molecule has 2 unspecified atom stereocenters. The summed E-state index contributed by atoms with van der Waals surface area (Å²) in [6.07, 6.45) is 10.9. The van der Waals surface area contributed by atoms with Crippen molar-refractivity contribution in [2.45, 2.75) is 64.6 Å². The van der Waals surface area contributed by atoms with E-state index in [2.05, 4.69) is 6.08 Å². The number of hydrogen-bond acceptors (Lipinski definition) is 6. The van der Waals surface area contributed by atoms with Gasteiger partial charge in [0, 0.05) is 16.7 Å². The van der Waals surface area contributed by atoms with Crippen LogP contribution in [0.5, 0.6) is 5.75 Å². The van der Waals surface area contributed by atoms with Crippen molar-refractivity contribution < 1.29 is 53.3 Å². The van der Waals surface area contributed by atoms with Gasteiger partial charge in [-0.2, -0.15) is 0 Å². The smallest absolute Gasteiger partial charge is 0.545 e. The predicted molar refractivity (Wildman–Crippen MR) is 127 cm³/mol. The predicted octanol–water partition coefficient (Wildman–Crippen LogP) is 1.77. The largest absolute Gasteiger partial charge is 1.00 e. The summed E-state index contributed by atoms with van der Waals surface area (Å²) >= 11 is 0. The van der Waals surface area contributed by atoms with Crippen molar-refractivity contribution in [2.75, 3.05) is 6.61 Å². The second-order valence-corrected chi connectivity index (χ2v) is 9.89. The molecule has 2 saturated heterocycles. The van der Waals surface area contributed by atoms with E-state index in [0.717, 1.165) is 61.0 Å². The van der Waals surface area contributed by atoms with Crippen LogP contribution in [0.2, 0.25) is 0 Å². The molecule has 4 heterocycles. The number of fused-ring (bicyclic) bond motifs is 4. The Morgan fingerprint density at radius 2 is 1.97 bits per heavy atom. The van der Waals surface area contributed by atoms with Gasteiger partial charge in [0.25, 0.3) is 0 Å². The summed E-state index contributed by atoms with van der Waals surface area (Å²) in [4.78, 5) is 17.2. The van der Waals surface area contributed by atoms with Crippen molar-refractivity contribution in [3.8, 4) is 17.2 Å². The number of benzene rings is 1. The standard InChI is InChI=1S/C28H29NO5.Na/c1-15-7-10-24(32-14-17-11-18-8-9-19(12-17)33-18)25-21(28(30)31)13-22(29-26(15)25)27-16(2)20-5-3-4-6-23(20)34-27;/h4,6-7,10,13,17-19H,3,5,8-9,11-12,14H2,1-2H3,(H,30,31);/q;+1/p-1. The van der Waals surface area contributed by atoms with Crippen LogP contribution in [0.3, 0.4) is 0 Å². The summed E-state index contributed by atoms with van der Waals surface area (Å²) in [5.41, 5.74) is 4.24. The summed E-state index contributed by atoms with van der Waals surface area (Å²) < 4.78 is 18.3. The second kappa shape index (κ2) is 9.74. The molecule has 2 atom stereocenters. The maximum Gasteiger partial charge on any atom is 1.00 e. The van der Waals surface area contributed by atoms with Crippen molar-refractivity contribution in [2.24, 2.45) is 5.92 Å². The molecule has 0 spiro atoms. The first-order valence-electron chi connectivity index (χ1n) is 12.2. The van der Waals surface area contributed by atoms with Gasteiger partial charge in [0.2, 0.25) is 0 Å². The van der Waals surface area contributed by atoms with Gasteiger partial charge in [-0.05, 0) is 82.1 Å². The van der Waals surface area contributed by atoms with Crippen molar-refractivity contribution in [1.29, 1.82) is 0 Å². The minimum absolute atomic E-state index is 0. The number of aryl methyl sites for hydroxylation is 1. The first-order chi connectivity index (χ1) is 16.5. The van der Waals surface area contributed by atoms with Gasteiger partial charge in [-0.25, -0.2) is 4.98 Å². The number of carbonyl (C=O) groups excluding carboxylic acids is 1. The van der Waals surface area contributed by atoms with Gasteiger partial charge < -0.3 is 23.8 Å². The van der Waals surface area contributed by atoms with Crippen LogP contribution >= 0.6 is 0 Å². The zero-order valence-corrected chi connectivity index (χ0v) is 22.6. The molecule has 7 heteroatoms. The van der Waals surface area contributed by atoms with Gasteiger partial charge in [-0.1, -0.05) is 12.1 Å². The maximum atomic E-state index is 12.3. The van der Waals surface area contributed by atoms with Gasteiger partial charge in [0.15, 0.2) is 5.76 Å². The Morgan fingerprint density at radius 1 is 1.20 bits per heavy atom. The van der Waals surface area contributed by atoms with Crippen molar-refractivity contribution >= 4 is 22.9 Å². The molecular weight excluding hydrogens is 453 g/mol. The summed E-state index contributed by atoms with van der Waals surface area (Å²) in [5.74, 6) is 1.14. The van der Waals surface area contributed by atoms with Crippen LogP contribution in [-0.2, 0) is 11.2 Å². The van der Waals surface area contributed by atoms with Crippen LogP contribution in [0, 0.1) is 19.8 Å². The molecule has 6 rings (SSSR count). The molecule has 0 amide bonds. The number of aromatic carboxylic acids is 1. The van der Waals surface area contributed by atoms with Crippen LogP contribution in [0.4, 0.5) is 0 Å². The maximum absolute atomic E-state index is 12.3. The SMILES string of the molecule is Cc1c(-c2cc(C(=O)[O-])c3c(OCC4CC5CCC(C4)O5)ccc(C)c3n2)oc2c1CCC=C2.[Na+]. The Hall–Kier alpha value is -2.12. The first kappa shape index (κ1) is 24.6. The monoisotopic (exact) mass is 481 g/mol. The van der Waals surface area contributed by atoms with E-state index in [1.807, 2.05) is 32.1 Å². The number of aromatic nitrogens is 1. The number of pyridine rings is 1. The van der Waals surface area contributed by atoms with Crippen LogP contribution in [0.15, 0.2) is 28.7 Å². The van der Waals surface area contributed by atoms with E-state index in [1.165, 1.54) is 0 Å². The number of carboxylic acids is 1. The van der Waals surface area contributed by atoms with E-state index in [0.29, 0.717) is 52.8 Å². The van der Waals surface area contributed by atoms with Crippen LogP contribution < -0.4 is 39.4 Å². The number of furan rings is 1. The van der Waals surface area contributed by atoms with Crippen LogP contribution in [-0.4, -0.2) is 29.8 Å². The number of allylic oxidation sites excluding steroid dienone is 1. The Bertz CT molecular complexity index is 1310. The summed E-state index contributed by atoms with van der Waals surface area (Å²) in [7, 11) is 0. The van der Waals surface area contributed by atoms with Gasteiger partial charge in [0.1, 0.15) is 17.2 Å². The second-order valence-electron chi connectivity index (χ2n) is 9.89. The van der Waals surface area contributed by atoms with E-state index in [1.54, 1.807) is 6.07 Å². The Morgan fingerprint density at radius 3 is 2.69 bits per heavy atom. The molecule has 3 aromatic rings. The van der Waals surface area contributed by atoms with Gasteiger partial charge in [-0.3, -0.25) is 0 Å². The Kier molecular flexibility index (Phi) is 6.83. The fourth-order valence-electron chi connectivity index (χ4n) is 5.83. The third kappa shape index (κ3) is 4.46. The van der Waals surface area contributed by atoms with Gasteiger partial charge >= 0.3 is 29.6 Å². The van der Waals surface area contributed by atoms with E-state index in [-0.39, 0.29) is 35.1 Å². The average Bonchev–Trinajstić information content (AvgIpc) is 3.36. The minimum Gasteiger partial charge on any atom is -0.545 e. The quantitative estimate of drug-likeness (QED) is 0.517. The van der Waals surface area contributed by atoms with E-state index >= 15 is 0 Å². The Balaban J connectivity index is 0.00000253. The Labute approximate surface area is 227 Å². The van der Waals surface area contributed by atoms with Gasteiger partial charge in [-0.15, -0.1) is 0 Å². The number of carboxylic acid groups (broad SMARTS) is 1. The number of carbonyl (C=O) groups is 1. The van der Waals surface area contributed by atoms with Crippen LogP contribution in [0.25, 0.3) is 28.4 Å². The number of rotatable bonds is 5. The zero-order valence-electron chi connectivity index (χ0n) is 20.6. The molecule has 2 aliphatic heterocycles. The summed E-state index contributed by atoms with van der Waals surface area (Å²) in [6, 6.07) is 5.35. The fraction of sp³-hybridized carbons (Fsp3) is 0.429. The summed E-state index contributed by atoms with van der Waals surface area (Å²) in [6.45, 7) is 4.48. The number of ether oxygens (including phenoxy) is 2. The van der Waals surface area contributed by atoms with Crippen molar-refractivity contribution in [1.82, 2.24) is 4.98 Å². The molecule has 176 valence electrons. The topological polar surface area (TPSA) is 84.6 Å². The normalized spacial score (nSPS) is 22.6. The first-order valence-corrected chi connectivity index (χ1v) is 12.2. The molecule has 1 aliphatic carbocycles. The molecule has 0 radical (unpaired) electrons. The van der Waals surface area contributed by atoms with E-state index < -0.39 is 5.97 Å². The molecule has 2 bridgehead atoms. The molecule has 2 fully saturated rings. The third-order valence-corrected chi connectivity index (χ3v) is 7.57. The number of nitrogens with zero attached hydrogens (tertiary/aromatic N) is 1. The molecule has 35 heavy (non-hydrogen) atoms. The molecule has 1 aromatic carbocycles. The fourth-order valence-corrected chi connectivity index (χ4v) is 5.83. The van der Waals surface area contributed by atoms with Crippen molar-refractivity contribution in [3.63, 3.8) is 0 Å². The number of hydrogen-bond donors (Lipinski definition) is 0. The molecule has 2 aromatic heterocycles. The third-order valence-electron chi connectivity index (χ3n) is 7.57. The van der Waals surface area contributed by atoms with E-state index in [4.69, 9.17) is 18.9 Å². The average molecular weight is 482 g/mol. The van der Waals surface area contributed by atoms with Crippen LogP contribution in [0.1, 0.15) is 64.9 Å². The molecule has 6 nitrogen and oxygen atoms in total. The summed E-state index contributed by atoms with van der Waals surface area (Å²) in [5, 5.41) is 12.8. The van der Waals surface area contributed by atoms with E-state index in [9.17, 15) is 9.90 Å². The van der Waals surface area contributed by atoms with Crippen molar-refractivity contribution in [3.05, 3.63) is 52.3 Å². The molecule has 0 N–H and O–H groups in total. The molecule has 3 aliphatic rings. The zero-order chi connectivity index (χ0) is 23.4.